The van der Waals surface area contributed by atoms with Crippen molar-refractivity contribution in [3.8, 4) is 5.75 Å². The normalized spacial score (nSPS) is 21.0. The van der Waals surface area contributed by atoms with Crippen molar-refractivity contribution in [1.29, 1.82) is 0 Å². The Hall–Kier alpha value is -1.94. The van der Waals surface area contributed by atoms with Crippen molar-refractivity contribution >= 4 is 0 Å². The summed E-state index contributed by atoms with van der Waals surface area (Å²) in [5.41, 5.74) is 7.89. The quantitative estimate of drug-likeness (QED) is 0.918. The monoisotopic (exact) mass is 289 g/mol. The number of nitrogens with two attached hydrogens (primary N) is 1. The molecule has 2 N–H and O–H groups in total. The second-order valence-electron chi connectivity index (χ2n) is 5.47. The molecule has 2 aromatic carbocycles. The number of methoxy groups -OCH3 is 1. The minimum Gasteiger partial charge on any atom is -0.497 e. The summed E-state index contributed by atoms with van der Waals surface area (Å²) in [7, 11) is 1.58. The first kappa shape index (κ1) is 14.0. The van der Waals surface area contributed by atoms with Crippen molar-refractivity contribution in [2.45, 2.75) is 24.8 Å². The van der Waals surface area contributed by atoms with Gasteiger partial charge in [0.05, 0.1) is 12.6 Å². The van der Waals surface area contributed by atoms with Crippen molar-refractivity contribution in [2.75, 3.05) is 7.11 Å². The number of rotatable bonds is 2. The van der Waals surface area contributed by atoms with Crippen LogP contribution in [0.5, 0.6) is 5.75 Å². The molecule has 1 unspecified atom stereocenters. The summed E-state index contributed by atoms with van der Waals surface area (Å²) in [6.07, 6.45) is 2.39. The maximum absolute atomic E-state index is 14.2. The van der Waals surface area contributed by atoms with Crippen LogP contribution in [0.25, 0.3) is 0 Å². The van der Waals surface area contributed by atoms with Gasteiger partial charge in [0.2, 0.25) is 0 Å². The molecule has 0 saturated carbocycles. The molecule has 0 aromatic heterocycles. The maximum atomic E-state index is 14.2. The molecular weight excluding hydrogens is 272 g/mol. The number of ether oxygens (including phenoxy) is 1. The van der Waals surface area contributed by atoms with Crippen molar-refractivity contribution < 1.29 is 13.5 Å². The summed E-state index contributed by atoms with van der Waals surface area (Å²) < 4.78 is 32.6. The summed E-state index contributed by atoms with van der Waals surface area (Å²) in [5.74, 6) is -0.511. The smallest absolute Gasteiger partial charge is 0.131 e. The van der Waals surface area contributed by atoms with Gasteiger partial charge in [0.1, 0.15) is 17.4 Å². The van der Waals surface area contributed by atoms with Crippen molar-refractivity contribution in [2.24, 2.45) is 5.73 Å². The van der Waals surface area contributed by atoms with Crippen LogP contribution in [0.2, 0.25) is 0 Å². The minimum atomic E-state index is -0.945. The van der Waals surface area contributed by atoms with Crippen LogP contribution >= 0.6 is 0 Å². The molecule has 21 heavy (non-hydrogen) atoms. The third-order valence-corrected chi connectivity index (χ3v) is 4.23. The van der Waals surface area contributed by atoms with Gasteiger partial charge < -0.3 is 10.5 Å². The largest absolute Gasteiger partial charge is 0.497 e. The Balaban J connectivity index is 2.18. The van der Waals surface area contributed by atoms with Gasteiger partial charge in [-0.15, -0.1) is 0 Å². The Kier molecular flexibility index (Phi) is 3.41. The lowest BCUT2D eigenvalue weighted by atomic mass is 9.73. The first-order chi connectivity index (χ1) is 10.0. The van der Waals surface area contributed by atoms with Gasteiger partial charge in [-0.1, -0.05) is 12.1 Å². The van der Waals surface area contributed by atoms with E-state index in [1.165, 1.54) is 12.1 Å². The van der Waals surface area contributed by atoms with Crippen LogP contribution in [0, 0.1) is 11.6 Å². The van der Waals surface area contributed by atoms with E-state index in [0.717, 1.165) is 30.0 Å². The average molecular weight is 289 g/mol. The summed E-state index contributed by atoms with van der Waals surface area (Å²) in [5, 5.41) is 0. The van der Waals surface area contributed by atoms with Gasteiger partial charge in [-0.25, -0.2) is 8.78 Å². The SMILES string of the molecule is COc1ccc2c(c1)C(N)(c1ccc(F)cc1F)CCC2. The second-order valence-corrected chi connectivity index (χ2v) is 5.47. The number of benzene rings is 2. The van der Waals surface area contributed by atoms with Crippen molar-refractivity contribution in [3.05, 3.63) is 64.7 Å². The van der Waals surface area contributed by atoms with Crippen LogP contribution in [0.4, 0.5) is 8.78 Å². The molecule has 0 bridgehead atoms. The van der Waals surface area contributed by atoms with E-state index in [-0.39, 0.29) is 0 Å². The molecule has 3 rings (SSSR count). The number of halogens is 2. The van der Waals surface area contributed by atoms with Gasteiger partial charge in [-0.3, -0.25) is 0 Å². The average Bonchev–Trinajstić information content (AvgIpc) is 2.47. The van der Waals surface area contributed by atoms with E-state index in [1.54, 1.807) is 7.11 Å². The van der Waals surface area contributed by atoms with Gasteiger partial charge in [0, 0.05) is 11.6 Å². The highest BCUT2D eigenvalue weighted by Crippen LogP contribution is 2.41. The molecule has 0 heterocycles. The lowest BCUT2D eigenvalue weighted by molar-refractivity contribution is 0.398. The lowest BCUT2D eigenvalue weighted by Crippen LogP contribution is -2.42. The van der Waals surface area contributed by atoms with E-state index in [2.05, 4.69) is 0 Å². The zero-order valence-electron chi connectivity index (χ0n) is 11.8. The predicted molar refractivity (Wildman–Crippen MR) is 77.3 cm³/mol. The van der Waals surface area contributed by atoms with Gasteiger partial charge in [-0.2, -0.15) is 0 Å². The Labute approximate surface area is 122 Å². The number of aryl methyl sites for hydroxylation is 1. The maximum Gasteiger partial charge on any atom is 0.131 e. The molecule has 2 aromatic rings. The van der Waals surface area contributed by atoms with E-state index in [9.17, 15) is 8.78 Å². The number of hydrogen-bond donors (Lipinski definition) is 1. The van der Waals surface area contributed by atoms with Crippen LogP contribution in [-0.2, 0) is 12.0 Å². The highest BCUT2D eigenvalue weighted by Gasteiger charge is 2.36. The van der Waals surface area contributed by atoms with Crippen LogP contribution < -0.4 is 10.5 Å². The fourth-order valence-corrected chi connectivity index (χ4v) is 3.14. The molecule has 0 fully saturated rings. The molecule has 2 nitrogen and oxygen atoms in total. The summed E-state index contributed by atoms with van der Waals surface area (Å²) >= 11 is 0. The zero-order chi connectivity index (χ0) is 15.0. The zero-order valence-corrected chi connectivity index (χ0v) is 11.8. The Bertz CT molecular complexity index is 686. The second kappa shape index (κ2) is 5.11. The van der Waals surface area contributed by atoms with E-state index >= 15 is 0 Å². The Morgan fingerprint density at radius 2 is 1.90 bits per heavy atom. The van der Waals surface area contributed by atoms with Crippen LogP contribution in [-0.4, -0.2) is 7.11 Å². The topological polar surface area (TPSA) is 35.2 Å². The lowest BCUT2D eigenvalue weighted by Gasteiger charge is -2.36. The number of fused-ring (bicyclic) bond motifs is 1. The van der Waals surface area contributed by atoms with Gasteiger partial charge >= 0.3 is 0 Å². The van der Waals surface area contributed by atoms with Gasteiger partial charge in [0.25, 0.3) is 0 Å². The van der Waals surface area contributed by atoms with E-state index in [4.69, 9.17) is 10.5 Å². The molecule has 110 valence electrons. The van der Waals surface area contributed by atoms with E-state index in [1.807, 2.05) is 18.2 Å². The fourth-order valence-electron chi connectivity index (χ4n) is 3.14. The van der Waals surface area contributed by atoms with Crippen molar-refractivity contribution in [3.63, 3.8) is 0 Å². The molecule has 0 saturated heterocycles. The molecule has 0 spiro atoms. The molecule has 4 heteroatoms. The summed E-state index contributed by atoms with van der Waals surface area (Å²) in [6, 6.07) is 9.29. The number of hydrogen-bond acceptors (Lipinski definition) is 2. The van der Waals surface area contributed by atoms with Crippen LogP contribution in [0.1, 0.15) is 29.5 Å². The predicted octanol–water partition coefficient (Wildman–Crippen LogP) is 3.51. The standard InChI is InChI=1S/C17H17F2NO/c1-21-13-6-4-11-3-2-8-17(20,15(11)10-13)14-7-5-12(18)9-16(14)19/h4-7,9-10H,2-3,8,20H2,1H3. The third kappa shape index (κ3) is 2.29. The Morgan fingerprint density at radius 1 is 1.10 bits per heavy atom. The molecule has 1 atom stereocenters. The third-order valence-electron chi connectivity index (χ3n) is 4.23. The minimum absolute atomic E-state index is 0.332. The molecule has 0 aliphatic heterocycles. The first-order valence-electron chi connectivity index (χ1n) is 6.96. The highest BCUT2D eigenvalue weighted by molar-refractivity contribution is 5.48. The van der Waals surface area contributed by atoms with Crippen LogP contribution in [0.15, 0.2) is 36.4 Å². The Morgan fingerprint density at radius 3 is 2.62 bits per heavy atom. The van der Waals surface area contributed by atoms with Crippen LogP contribution in [0.3, 0.4) is 0 Å². The van der Waals surface area contributed by atoms with Gasteiger partial charge in [0.15, 0.2) is 0 Å². The first-order valence-corrected chi connectivity index (χ1v) is 6.96. The molecule has 1 aliphatic carbocycles. The fraction of sp³-hybridized carbons (Fsp3) is 0.294. The molecule has 0 amide bonds. The molecular formula is C17H17F2NO. The van der Waals surface area contributed by atoms with Gasteiger partial charge in [-0.05, 0) is 48.6 Å². The summed E-state index contributed by atoms with van der Waals surface area (Å²) in [4.78, 5) is 0. The summed E-state index contributed by atoms with van der Waals surface area (Å²) in [6.45, 7) is 0. The van der Waals surface area contributed by atoms with Crippen molar-refractivity contribution in [1.82, 2.24) is 0 Å². The highest BCUT2D eigenvalue weighted by atomic mass is 19.1. The molecule has 0 radical (unpaired) electrons. The van der Waals surface area contributed by atoms with E-state index in [0.29, 0.717) is 17.7 Å². The van der Waals surface area contributed by atoms with E-state index < -0.39 is 17.2 Å². The molecule has 1 aliphatic rings.